The first-order valence-electron chi connectivity index (χ1n) is 5.45. The molecule has 0 aromatic heterocycles. The Balaban J connectivity index is 2.67. The van der Waals surface area contributed by atoms with Crippen molar-refractivity contribution in [2.75, 3.05) is 5.32 Å². The maximum atomic E-state index is 12.9. The summed E-state index contributed by atoms with van der Waals surface area (Å²) in [5.74, 6) is -1.43. The smallest absolute Gasteiger partial charge is 0.319 e. The molecular formula is C12H14BrFN2O3. The molecule has 104 valence electrons. The maximum absolute atomic E-state index is 12.9. The number of carbonyl (C=O) groups is 2. The van der Waals surface area contributed by atoms with Crippen LogP contribution in [0, 0.1) is 5.82 Å². The number of aliphatic carboxylic acids is 1. The number of amides is 2. The average Bonchev–Trinajstić information content (AvgIpc) is 2.19. The van der Waals surface area contributed by atoms with Gasteiger partial charge in [0.25, 0.3) is 0 Å². The third-order valence-electron chi connectivity index (χ3n) is 2.22. The fraction of sp³-hybridized carbons (Fsp3) is 0.333. The van der Waals surface area contributed by atoms with Crippen LogP contribution >= 0.6 is 15.9 Å². The summed E-state index contributed by atoms with van der Waals surface area (Å²) >= 11 is 3.12. The lowest BCUT2D eigenvalue weighted by Crippen LogP contribution is -2.46. The van der Waals surface area contributed by atoms with Gasteiger partial charge in [0, 0.05) is 10.0 Å². The molecule has 0 aliphatic rings. The van der Waals surface area contributed by atoms with E-state index >= 15 is 0 Å². The maximum Gasteiger partial charge on any atom is 0.319 e. The van der Waals surface area contributed by atoms with E-state index in [0.29, 0.717) is 10.2 Å². The third-order valence-corrected chi connectivity index (χ3v) is 2.88. The van der Waals surface area contributed by atoms with Crippen LogP contribution in [0.25, 0.3) is 0 Å². The minimum absolute atomic E-state index is 0.203. The van der Waals surface area contributed by atoms with E-state index in [4.69, 9.17) is 5.11 Å². The summed E-state index contributed by atoms with van der Waals surface area (Å²) in [4.78, 5) is 22.3. The van der Waals surface area contributed by atoms with Crippen molar-refractivity contribution in [3.8, 4) is 0 Å². The molecule has 0 fully saturated rings. The summed E-state index contributed by atoms with van der Waals surface area (Å²) < 4.78 is 13.3. The molecule has 2 amide bonds. The van der Waals surface area contributed by atoms with Gasteiger partial charge in [-0.1, -0.05) is 0 Å². The summed E-state index contributed by atoms with van der Waals surface area (Å²) in [6.45, 7) is 3.20. The van der Waals surface area contributed by atoms with Crippen LogP contribution in [0.5, 0.6) is 0 Å². The van der Waals surface area contributed by atoms with Gasteiger partial charge >= 0.3 is 12.0 Å². The molecule has 0 aliphatic heterocycles. The zero-order valence-corrected chi connectivity index (χ0v) is 12.0. The normalized spacial score (nSPS) is 10.9. The zero-order chi connectivity index (χ0) is 14.6. The first kappa shape index (κ1) is 15.4. The second kappa shape index (κ2) is 6.01. The Morgan fingerprint density at radius 1 is 1.42 bits per heavy atom. The molecule has 3 N–H and O–H groups in total. The van der Waals surface area contributed by atoms with Crippen LogP contribution in [0.15, 0.2) is 22.7 Å². The molecule has 1 aromatic rings. The van der Waals surface area contributed by atoms with Crippen LogP contribution in [0.4, 0.5) is 14.9 Å². The molecule has 1 rings (SSSR count). The molecule has 0 bridgehead atoms. The van der Waals surface area contributed by atoms with E-state index in [1.165, 1.54) is 18.2 Å². The van der Waals surface area contributed by atoms with E-state index < -0.39 is 23.4 Å². The van der Waals surface area contributed by atoms with Crippen molar-refractivity contribution >= 4 is 33.6 Å². The molecule has 0 spiro atoms. The number of carbonyl (C=O) groups excluding carboxylic acids is 1. The van der Waals surface area contributed by atoms with Gasteiger partial charge in [0.1, 0.15) is 5.82 Å². The third kappa shape index (κ3) is 5.25. The number of hydrogen-bond acceptors (Lipinski definition) is 2. The van der Waals surface area contributed by atoms with E-state index in [0.717, 1.165) is 0 Å². The summed E-state index contributed by atoms with van der Waals surface area (Å²) in [6, 6.07) is 3.28. The Morgan fingerprint density at radius 3 is 2.58 bits per heavy atom. The zero-order valence-electron chi connectivity index (χ0n) is 10.5. The average molecular weight is 333 g/mol. The number of rotatable bonds is 4. The molecule has 1 aromatic carbocycles. The van der Waals surface area contributed by atoms with E-state index in [9.17, 15) is 14.0 Å². The molecule has 19 heavy (non-hydrogen) atoms. The van der Waals surface area contributed by atoms with Gasteiger partial charge in [-0.2, -0.15) is 0 Å². The molecule has 0 atom stereocenters. The second-order valence-corrected chi connectivity index (χ2v) is 5.51. The Hall–Kier alpha value is -1.63. The lowest BCUT2D eigenvalue weighted by atomic mass is 10.0. The fourth-order valence-corrected chi connectivity index (χ4v) is 1.92. The molecule has 0 heterocycles. The molecule has 0 unspecified atom stereocenters. The second-order valence-electron chi connectivity index (χ2n) is 4.66. The standard InChI is InChI=1S/C12H14BrFN2O3/c1-12(2,6-10(17)18)16-11(19)15-9-4-3-7(14)5-8(9)13/h3-5H,6H2,1-2H3,(H,17,18)(H2,15,16,19). The first-order valence-corrected chi connectivity index (χ1v) is 6.25. The predicted molar refractivity (Wildman–Crippen MR) is 72.6 cm³/mol. The largest absolute Gasteiger partial charge is 0.481 e. The van der Waals surface area contributed by atoms with E-state index in [-0.39, 0.29) is 6.42 Å². The SMILES string of the molecule is CC(C)(CC(=O)O)NC(=O)Nc1ccc(F)cc1Br. The van der Waals surface area contributed by atoms with Gasteiger partial charge in [-0.25, -0.2) is 9.18 Å². The van der Waals surface area contributed by atoms with Crippen LogP contribution in [0.1, 0.15) is 20.3 Å². The van der Waals surface area contributed by atoms with Gasteiger partial charge in [0.15, 0.2) is 0 Å². The number of carboxylic acids is 1. The van der Waals surface area contributed by atoms with Gasteiger partial charge < -0.3 is 15.7 Å². The van der Waals surface area contributed by atoms with Gasteiger partial charge in [0.05, 0.1) is 12.1 Å². The highest BCUT2D eigenvalue weighted by Crippen LogP contribution is 2.23. The van der Waals surface area contributed by atoms with Crippen molar-refractivity contribution in [1.82, 2.24) is 5.32 Å². The van der Waals surface area contributed by atoms with E-state index in [1.807, 2.05) is 0 Å². The molecule has 7 heteroatoms. The Labute approximate surface area is 118 Å². The van der Waals surface area contributed by atoms with Crippen molar-refractivity contribution in [3.05, 3.63) is 28.5 Å². The van der Waals surface area contributed by atoms with E-state index in [1.54, 1.807) is 13.8 Å². The number of hydrogen-bond donors (Lipinski definition) is 3. The monoisotopic (exact) mass is 332 g/mol. The van der Waals surface area contributed by atoms with Crippen molar-refractivity contribution in [1.29, 1.82) is 0 Å². The van der Waals surface area contributed by atoms with Crippen molar-refractivity contribution in [2.24, 2.45) is 0 Å². The summed E-state index contributed by atoms with van der Waals surface area (Å²) in [5.41, 5.74) is -0.493. The Kier molecular flexibility index (Phi) is 4.88. The van der Waals surface area contributed by atoms with Crippen LogP contribution in [0.3, 0.4) is 0 Å². The van der Waals surface area contributed by atoms with Gasteiger partial charge in [-0.3, -0.25) is 4.79 Å². The Morgan fingerprint density at radius 2 is 2.05 bits per heavy atom. The van der Waals surface area contributed by atoms with Crippen LogP contribution in [0.2, 0.25) is 0 Å². The lowest BCUT2D eigenvalue weighted by molar-refractivity contribution is -0.138. The summed E-state index contributed by atoms with van der Waals surface area (Å²) in [5, 5.41) is 13.7. The van der Waals surface area contributed by atoms with Crippen LogP contribution < -0.4 is 10.6 Å². The topological polar surface area (TPSA) is 78.4 Å². The number of benzene rings is 1. The van der Waals surface area contributed by atoms with Gasteiger partial charge in [0.2, 0.25) is 0 Å². The van der Waals surface area contributed by atoms with Crippen LogP contribution in [-0.4, -0.2) is 22.6 Å². The first-order chi connectivity index (χ1) is 8.69. The molecule has 0 radical (unpaired) electrons. The number of nitrogens with one attached hydrogen (secondary N) is 2. The van der Waals surface area contributed by atoms with Crippen molar-refractivity contribution < 1.29 is 19.1 Å². The van der Waals surface area contributed by atoms with Crippen molar-refractivity contribution in [3.63, 3.8) is 0 Å². The van der Waals surface area contributed by atoms with Gasteiger partial charge in [-0.05, 0) is 48.0 Å². The number of halogens is 2. The van der Waals surface area contributed by atoms with Crippen LogP contribution in [-0.2, 0) is 4.79 Å². The highest BCUT2D eigenvalue weighted by atomic mass is 79.9. The molecule has 5 nitrogen and oxygen atoms in total. The highest BCUT2D eigenvalue weighted by Gasteiger charge is 2.24. The number of carboxylic acid groups (broad SMARTS) is 1. The fourth-order valence-electron chi connectivity index (χ4n) is 1.47. The quantitative estimate of drug-likeness (QED) is 0.793. The van der Waals surface area contributed by atoms with Crippen molar-refractivity contribution in [2.45, 2.75) is 25.8 Å². The molecule has 0 saturated heterocycles. The number of anilines is 1. The minimum Gasteiger partial charge on any atom is -0.481 e. The summed E-state index contributed by atoms with van der Waals surface area (Å²) in [6.07, 6.45) is -0.203. The highest BCUT2D eigenvalue weighted by molar-refractivity contribution is 9.10. The summed E-state index contributed by atoms with van der Waals surface area (Å²) in [7, 11) is 0. The van der Waals surface area contributed by atoms with E-state index in [2.05, 4.69) is 26.6 Å². The molecular weight excluding hydrogens is 319 g/mol. The minimum atomic E-state index is -1.01. The Bertz CT molecular complexity index is 506. The molecule has 0 saturated carbocycles. The predicted octanol–water partition coefficient (Wildman–Crippen LogP) is 2.96. The lowest BCUT2D eigenvalue weighted by Gasteiger charge is -2.24. The molecule has 0 aliphatic carbocycles. The number of urea groups is 1. The van der Waals surface area contributed by atoms with Gasteiger partial charge in [-0.15, -0.1) is 0 Å².